The van der Waals surface area contributed by atoms with Gasteiger partial charge < -0.3 is 4.74 Å². The first-order valence-electron chi connectivity index (χ1n) is 7.72. The molecule has 0 bridgehead atoms. The molecule has 1 aliphatic carbocycles. The third-order valence-electron chi connectivity index (χ3n) is 4.92. The van der Waals surface area contributed by atoms with Crippen LogP contribution in [0.5, 0.6) is 0 Å². The van der Waals surface area contributed by atoms with E-state index in [1.54, 1.807) is 6.92 Å². The molecule has 1 aromatic carbocycles. The van der Waals surface area contributed by atoms with Crippen LogP contribution in [0.25, 0.3) is 0 Å². The van der Waals surface area contributed by atoms with Gasteiger partial charge >= 0.3 is 5.97 Å². The highest BCUT2D eigenvalue weighted by Crippen LogP contribution is 2.55. The second-order valence-electron chi connectivity index (χ2n) is 6.25. The molecule has 3 rings (SSSR count). The number of likely N-dealkylation sites (tertiary alicyclic amines) is 1. The fourth-order valence-corrected chi connectivity index (χ4v) is 3.95. The van der Waals surface area contributed by atoms with Gasteiger partial charge in [0.15, 0.2) is 0 Å². The summed E-state index contributed by atoms with van der Waals surface area (Å²) in [6.07, 6.45) is 1.85. The topological polar surface area (TPSA) is 29.5 Å². The van der Waals surface area contributed by atoms with Crippen molar-refractivity contribution in [2.24, 2.45) is 5.41 Å². The van der Waals surface area contributed by atoms with Crippen molar-refractivity contribution in [1.29, 1.82) is 0 Å². The molecule has 4 heteroatoms. The van der Waals surface area contributed by atoms with E-state index in [4.69, 9.17) is 4.74 Å². The van der Waals surface area contributed by atoms with Crippen LogP contribution in [0.2, 0.25) is 0 Å². The molecule has 0 radical (unpaired) electrons. The van der Waals surface area contributed by atoms with Crippen LogP contribution in [0.3, 0.4) is 0 Å². The molecular formula is C17H22FNO2. The molecule has 21 heavy (non-hydrogen) atoms. The van der Waals surface area contributed by atoms with E-state index >= 15 is 4.39 Å². The standard InChI is InChI=1S/C17H22FNO2/c1-2-21-15(20)16-9-6-10-17(16,18)13-19(12-16)11-14-7-4-3-5-8-14/h3-5,7-8H,2,6,9-13H2,1H3/t16-,17-/m0/s1. The predicted octanol–water partition coefficient (Wildman–Crippen LogP) is 2.94. The lowest BCUT2D eigenvalue weighted by atomic mass is 9.78. The monoisotopic (exact) mass is 291 g/mol. The number of benzene rings is 1. The molecule has 0 unspecified atom stereocenters. The van der Waals surface area contributed by atoms with Crippen molar-refractivity contribution >= 4 is 5.97 Å². The highest BCUT2D eigenvalue weighted by atomic mass is 19.1. The van der Waals surface area contributed by atoms with Crippen LogP contribution in [0.1, 0.15) is 31.7 Å². The summed E-state index contributed by atoms with van der Waals surface area (Å²) < 4.78 is 20.5. The van der Waals surface area contributed by atoms with Gasteiger partial charge in [0.05, 0.1) is 6.61 Å². The molecule has 0 spiro atoms. The number of carbonyl (C=O) groups excluding carboxylic acids is 1. The molecule has 2 fully saturated rings. The summed E-state index contributed by atoms with van der Waals surface area (Å²) in [5.41, 5.74) is -1.22. The molecule has 0 aromatic heterocycles. The zero-order valence-corrected chi connectivity index (χ0v) is 12.5. The van der Waals surface area contributed by atoms with Gasteiger partial charge in [-0.3, -0.25) is 9.69 Å². The van der Waals surface area contributed by atoms with E-state index in [-0.39, 0.29) is 5.97 Å². The zero-order chi connectivity index (χ0) is 14.9. The zero-order valence-electron chi connectivity index (χ0n) is 12.5. The Labute approximate surface area is 125 Å². The van der Waals surface area contributed by atoms with E-state index in [9.17, 15) is 4.79 Å². The van der Waals surface area contributed by atoms with Gasteiger partial charge in [-0.2, -0.15) is 0 Å². The summed E-state index contributed by atoms with van der Waals surface area (Å²) in [6.45, 7) is 3.58. The second-order valence-corrected chi connectivity index (χ2v) is 6.25. The predicted molar refractivity (Wildman–Crippen MR) is 78.5 cm³/mol. The number of hydrogen-bond acceptors (Lipinski definition) is 3. The van der Waals surface area contributed by atoms with Crippen molar-refractivity contribution in [1.82, 2.24) is 4.90 Å². The maximum absolute atomic E-state index is 15.3. The normalized spacial score (nSPS) is 32.1. The third kappa shape index (κ3) is 2.35. The number of halogens is 1. The Morgan fingerprint density at radius 2 is 2.05 bits per heavy atom. The summed E-state index contributed by atoms with van der Waals surface area (Å²) in [4.78, 5) is 14.4. The van der Waals surface area contributed by atoms with Crippen LogP contribution in [0, 0.1) is 5.41 Å². The smallest absolute Gasteiger partial charge is 0.316 e. The third-order valence-corrected chi connectivity index (χ3v) is 4.92. The number of fused-ring (bicyclic) bond motifs is 1. The largest absolute Gasteiger partial charge is 0.465 e. The lowest BCUT2D eigenvalue weighted by Gasteiger charge is -2.30. The van der Waals surface area contributed by atoms with Crippen molar-refractivity contribution < 1.29 is 13.9 Å². The summed E-state index contributed by atoms with van der Waals surface area (Å²) >= 11 is 0. The lowest BCUT2D eigenvalue weighted by molar-refractivity contribution is -0.160. The quantitative estimate of drug-likeness (QED) is 0.799. The Hall–Kier alpha value is -1.42. The van der Waals surface area contributed by atoms with Crippen LogP contribution < -0.4 is 0 Å². The van der Waals surface area contributed by atoms with Gasteiger partial charge in [-0.15, -0.1) is 0 Å². The van der Waals surface area contributed by atoms with Crippen molar-refractivity contribution in [3.63, 3.8) is 0 Å². The first kappa shape index (κ1) is 14.5. The Morgan fingerprint density at radius 3 is 2.76 bits per heavy atom. The van der Waals surface area contributed by atoms with E-state index in [0.717, 1.165) is 12.0 Å². The van der Waals surface area contributed by atoms with Gasteiger partial charge in [0.25, 0.3) is 0 Å². The molecule has 1 saturated carbocycles. The van der Waals surface area contributed by atoms with Crippen molar-refractivity contribution in [3.05, 3.63) is 35.9 Å². The number of nitrogens with zero attached hydrogens (tertiary/aromatic N) is 1. The minimum Gasteiger partial charge on any atom is -0.465 e. The molecule has 1 aromatic rings. The summed E-state index contributed by atoms with van der Waals surface area (Å²) in [7, 11) is 0. The van der Waals surface area contributed by atoms with Gasteiger partial charge in [0.2, 0.25) is 0 Å². The lowest BCUT2D eigenvalue weighted by Crippen LogP contribution is -2.46. The molecule has 1 saturated heterocycles. The minimum absolute atomic E-state index is 0.315. The number of carbonyl (C=O) groups is 1. The van der Waals surface area contributed by atoms with Gasteiger partial charge in [0.1, 0.15) is 11.1 Å². The van der Waals surface area contributed by atoms with Crippen molar-refractivity contribution in [2.45, 2.75) is 38.4 Å². The van der Waals surface area contributed by atoms with E-state index in [1.807, 2.05) is 30.3 Å². The van der Waals surface area contributed by atoms with Crippen LogP contribution in [0.4, 0.5) is 4.39 Å². The highest BCUT2D eigenvalue weighted by Gasteiger charge is 2.66. The van der Waals surface area contributed by atoms with Crippen LogP contribution in [-0.4, -0.2) is 36.2 Å². The summed E-state index contributed by atoms with van der Waals surface area (Å²) in [6, 6.07) is 10.0. The van der Waals surface area contributed by atoms with Gasteiger partial charge in [-0.1, -0.05) is 30.3 Å². The minimum atomic E-state index is -1.42. The fraction of sp³-hybridized carbons (Fsp3) is 0.588. The van der Waals surface area contributed by atoms with E-state index < -0.39 is 11.1 Å². The maximum atomic E-state index is 15.3. The molecule has 114 valence electrons. The summed E-state index contributed by atoms with van der Waals surface area (Å²) in [5.74, 6) is -0.347. The molecule has 2 atom stereocenters. The van der Waals surface area contributed by atoms with Crippen LogP contribution >= 0.6 is 0 Å². The number of esters is 1. The first-order valence-corrected chi connectivity index (χ1v) is 7.72. The molecular weight excluding hydrogens is 269 g/mol. The van der Waals surface area contributed by atoms with Gasteiger partial charge in [-0.05, 0) is 31.7 Å². The molecule has 3 nitrogen and oxygen atoms in total. The second kappa shape index (κ2) is 5.41. The van der Waals surface area contributed by atoms with Crippen LogP contribution in [-0.2, 0) is 16.1 Å². The van der Waals surface area contributed by atoms with Gasteiger partial charge in [0, 0.05) is 19.6 Å². The van der Waals surface area contributed by atoms with E-state index in [1.165, 1.54) is 0 Å². The number of hydrogen-bond donors (Lipinski definition) is 0. The Bertz CT molecular complexity index is 521. The Kier molecular flexibility index (Phi) is 3.74. The molecule has 0 N–H and O–H groups in total. The molecule has 1 heterocycles. The number of ether oxygens (including phenoxy) is 1. The Balaban J connectivity index is 1.79. The molecule has 1 aliphatic heterocycles. The highest BCUT2D eigenvalue weighted by molar-refractivity contribution is 5.80. The number of alkyl halides is 1. The summed E-state index contributed by atoms with van der Waals surface area (Å²) in [5, 5.41) is 0. The average Bonchev–Trinajstić information content (AvgIpc) is 2.90. The Morgan fingerprint density at radius 1 is 1.29 bits per heavy atom. The van der Waals surface area contributed by atoms with Crippen molar-refractivity contribution in [3.8, 4) is 0 Å². The van der Waals surface area contributed by atoms with Crippen molar-refractivity contribution in [2.75, 3.05) is 19.7 Å². The van der Waals surface area contributed by atoms with Crippen LogP contribution in [0.15, 0.2) is 30.3 Å². The number of rotatable bonds is 4. The maximum Gasteiger partial charge on any atom is 0.316 e. The average molecular weight is 291 g/mol. The molecule has 2 aliphatic rings. The first-order chi connectivity index (χ1) is 10.1. The fourth-order valence-electron chi connectivity index (χ4n) is 3.95. The van der Waals surface area contributed by atoms with E-state index in [2.05, 4.69) is 4.90 Å². The SMILES string of the molecule is CCOC(=O)[C@@]12CCC[C@]1(F)CN(Cc1ccccc1)C2. The van der Waals surface area contributed by atoms with E-state index in [0.29, 0.717) is 39.1 Å². The molecule has 0 amide bonds. The van der Waals surface area contributed by atoms with Gasteiger partial charge in [-0.25, -0.2) is 4.39 Å².